The van der Waals surface area contributed by atoms with Gasteiger partial charge in [-0.05, 0) is 37.4 Å². The van der Waals surface area contributed by atoms with E-state index < -0.39 is 0 Å². The van der Waals surface area contributed by atoms with Crippen molar-refractivity contribution in [2.75, 3.05) is 26.2 Å². The molecule has 1 N–H and O–H groups in total. The van der Waals surface area contributed by atoms with Crippen LogP contribution >= 0.6 is 0 Å². The predicted octanol–water partition coefficient (Wildman–Crippen LogP) is 1.70. The lowest BCUT2D eigenvalue weighted by Crippen LogP contribution is -2.25. The highest BCUT2D eigenvalue weighted by Gasteiger charge is 2.36. The second-order valence-corrected chi connectivity index (χ2v) is 6.20. The Labute approximate surface area is 124 Å². The van der Waals surface area contributed by atoms with Crippen LogP contribution in [0, 0.1) is 18.8 Å². The lowest BCUT2D eigenvalue weighted by atomic mass is 10.0. The van der Waals surface area contributed by atoms with E-state index in [0.29, 0.717) is 5.82 Å². The number of benzene rings is 1. The van der Waals surface area contributed by atoms with Gasteiger partial charge in [0, 0.05) is 18.7 Å². The maximum absolute atomic E-state index is 5.44. The molecule has 2 saturated heterocycles. The summed E-state index contributed by atoms with van der Waals surface area (Å²) in [5.41, 5.74) is 2.22. The Morgan fingerprint density at radius 3 is 2.76 bits per heavy atom. The summed E-state index contributed by atoms with van der Waals surface area (Å²) in [5.74, 6) is 3.01. The monoisotopic (exact) mass is 284 g/mol. The third-order valence-corrected chi connectivity index (χ3v) is 4.68. The first-order valence-electron chi connectivity index (χ1n) is 7.61. The smallest absolute Gasteiger partial charge is 0.241 e. The van der Waals surface area contributed by atoms with E-state index in [4.69, 9.17) is 4.52 Å². The number of fused-ring (bicyclic) bond motifs is 1. The molecular weight excluding hydrogens is 264 g/mol. The zero-order valence-corrected chi connectivity index (χ0v) is 12.2. The summed E-state index contributed by atoms with van der Waals surface area (Å²) in [4.78, 5) is 7.00. The van der Waals surface area contributed by atoms with Crippen LogP contribution < -0.4 is 5.32 Å². The average Bonchev–Trinajstić information content (AvgIpc) is 3.15. The van der Waals surface area contributed by atoms with Crippen molar-refractivity contribution in [1.29, 1.82) is 0 Å². The van der Waals surface area contributed by atoms with Crippen LogP contribution in [0.2, 0.25) is 0 Å². The molecule has 1 aromatic carbocycles. The van der Waals surface area contributed by atoms with E-state index in [2.05, 4.69) is 33.3 Å². The fourth-order valence-electron chi connectivity index (χ4n) is 3.53. The van der Waals surface area contributed by atoms with Gasteiger partial charge in [0.05, 0.1) is 6.54 Å². The van der Waals surface area contributed by atoms with Crippen molar-refractivity contribution in [3.63, 3.8) is 0 Å². The Morgan fingerprint density at radius 1 is 1.24 bits per heavy atom. The molecule has 2 fully saturated rings. The van der Waals surface area contributed by atoms with Gasteiger partial charge in [-0.1, -0.05) is 29.4 Å². The van der Waals surface area contributed by atoms with Gasteiger partial charge >= 0.3 is 0 Å². The fraction of sp³-hybridized carbons (Fsp3) is 0.500. The van der Waals surface area contributed by atoms with E-state index in [1.165, 1.54) is 5.56 Å². The van der Waals surface area contributed by atoms with Crippen LogP contribution in [-0.2, 0) is 6.54 Å². The van der Waals surface area contributed by atoms with Crippen molar-refractivity contribution in [2.24, 2.45) is 11.8 Å². The molecular formula is C16H20N4O. The van der Waals surface area contributed by atoms with Crippen molar-refractivity contribution in [3.05, 3.63) is 35.7 Å². The first-order chi connectivity index (χ1) is 10.3. The first-order valence-corrected chi connectivity index (χ1v) is 7.61. The predicted molar refractivity (Wildman–Crippen MR) is 79.6 cm³/mol. The van der Waals surface area contributed by atoms with E-state index in [1.807, 2.05) is 18.2 Å². The van der Waals surface area contributed by atoms with E-state index in [9.17, 15) is 0 Å². The molecule has 2 aliphatic heterocycles. The summed E-state index contributed by atoms with van der Waals surface area (Å²) in [6.45, 7) is 7.42. The Balaban J connectivity index is 1.47. The van der Waals surface area contributed by atoms with Gasteiger partial charge in [-0.3, -0.25) is 4.90 Å². The molecule has 0 bridgehead atoms. The molecule has 0 spiro atoms. The Bertz CT molecular complexity index is 627. The molecule has 0 saturated carbocycles. The number of hydrogen-bond donors (Lipinski definition) is 1. The minimum absolute atomic E-state index is 0.698. The zero-order valence-electron chi connectivity index (χ0n) is 12.2. The van der Waals surface area contributed by atoms with Gasteiger partial charge < -0.3 is 9.84 Å². The maximum Gasteiger partial charge on any atom is 0.241 e. The molecule has 0 radical (unpaired) electrons. The van der Waals surface area contributed by atoms with Crippen molar-refractivity contribution in [3.8, 4) is 11.4 Å². The van der Waals surface area contributed by atoms with Crippen LogP contribution in [0.15, 0.2) is 28.8 Å². The van der Waals surface area contributed by atoms with Gasteiger partial charge in [-0.15, -0.1) is 0 Å². The lowest BCUT2D eigenvalue weighted by molar-refractivity contribution is 0.253. The summed E-state index contributed by atoms with van der Waals surface area (Å²) in [7, 11) is 0. The molecule has 1 aromatic heterocycles. The standard InChI is InChI=1S/C16H20N4O/c1-11-4-2-3-5-14(11)16-18-15(21-19-16)10-20-8-12-6-17-7-13(12)9-20/h2-5,12-13,17H,6-10H2,1H3. The summed E-state index contributed by atoms with van der Waals surface area (Å²) in [6.07, 6.45) is 0. The van der Waals surface area contributed by atoms with Crippen LogP contribution in [0.5, 0.6) is 0 Å². The minimum Gasteiger partial charge on any atom is -0.338 e. The molecule has 21 heavy (non-hydrogen) atoms. The second-order valence-electron chi connectivity index (χ2n) is 6.20. The van der Waals surface area contributed by atoms with Crippen molar-refractivity contribution in [2.45, 2.75) is 13.5 Å². The van der Waals surface area contributed by atoms with Crippen molar-refractivity contribution in [1.82, 2.24) is 20.4 Å². The van der Waals surface area contributed by atoms with Gasteiger partial charge in [0.1, 0.15) is 0 Å². The topological polar surface area (TPSA) is 54.2 Å². The van der Waals surface area contributed by atoms with Gasteiger partial charge in [0.2, 0.25) is 11.7 Å². The molecule has 3 heterocycles. The zero-order chi connectivity index (χ0) is 14.2. The van der Waals surface area contributed by atoms with Crippen LogP contribution in [0.4, 0.5) is 0 Å². The summed E-state index contributed by atoms with van der Waals surface area (Å²) in [6, 6.07) is 8.14. The molecule has 5 nitrogen and oxygen atoms in total. The molecule has 4 rings (SSSR count). The van der Waals surface area contributed by atoms with Gasteiger partial charge in [-0.25, -0.2) is 0 Å². The lowest BCUT2D eigenvalue weighted by Gasteiger charge is -2.13. The number of likely N-dealkylation sites (tertiary alicyclic amines) is 1. The average molecular weight is 284 g/mol. The van der Waals surface area contributed by atoms with Crippen molar-refractivity contribution >= 4 is 0 Å². The van der Waals surface area contributed by atoms with Gasteiger partial charge in [0.15, 0.2) is 0 Å². The Hall–Kier alpha value is -1.72. The van der Waals surface area contributed by atoms with E-state index in [0.717, 1.165) is 56.0 Å². The van der Waals surface area contributed by atoms with E-state index in [1.54, 1.807) is 0 Å². The fourth-order valence-corrected chi connectivity index (χ4v) is 3.53. The Kier molecular flexibility index (Phi) is 3.24. The normalized spacial score (nSPS) is 25.4. The van der Waals surface area contributed by atoms with Crippen LogP contribution in [0.25, 0.3) is 11.4 Å². The number of nitrogens with zero attached hydrogens (tertiary/aromatic N) is 3. The SMILES string of the molecule is Cc1ccccc1-c1noc(CN2CC3CNCC3C2)n1. The molecule has 2 unspecified atom stereocenters. The van der Waals surface area contributed by atoms with Gasteiger partial charge in [-0.2, -0.15) is 4.98 Å². The molecule has 110 valence electrons. The quantitative estimate of drug-likeness (QED) is 0.929. The third-order valence-electron chi connectivity index (χ3n) is 4.68. The number of hydrogen-bond acceptors (Lipinski definition) is 5. The van der Waals surface area contributed by atoms with Crippen LogP contribution in [0.3, 0.4) is 0 Å². The Morgan fingerprint density at radius 2 is 2.00 bits per heavy atom. The summed E-state index contributed by atoms with van der Waals surface area (Å²) < 4.78 is 5.44. The van der Waals surface area contributed by atoms with Crippen LogP contribution in [-0.4, -0.2) is 41.2 Å². The molecule has 2 aliphatic rings. The molecule has 2 aromatic rings. The molecule has 0 aliphatic carbocycles. The highest BCUT2D eigenvalue weighted by molar-refractivity contribution is 5.58. The van der Waals surface area contributed by atoms with E-state index in [-0.39, 0.29) is 0 Å². The summed E-state index contributed by atoms with van der Waals surface area (Å²) in [5, 5.41) is 7.60. The molecule has 5 heteroatoms. The largest absolute Gasteiger partial charge is 0.338 e. The minimum atomic E-state index is 0.698. The molecule has 0 amide bonds. The summed E-state index contributed by atoms with van der Waals surface area (Å²) >= 11 is 0. The highest BCUT2D eigenvalue weighted by Crippen LogP contribution is 2.27. The first kappa shape index (κ1) is 13.0. The molecule has 2 atom stereocenters. The van der Waals surface area contributed by atoms with Gasteiger partial charge in [0.25, 0.3) is 0 Å². The van der Waals surface area contributed by atoms with Crippen LogP contribution in [0.1, 0.15) is 11.5 Å². The highest BCUT2D eigenvalue weighted by atomic mass is 16.5. The maximum atomic E-state index is 5.44. The number of aryl methyl sites for hydroxylation is 1. The second kappa shape index (κ2) is 5.24. The third kappa shape index (κ3) is 2.47. The number of nitrogens with one attached hydrogen (secondary N) is 1. The van der Waals surface area contributed by atoms with Crippen molar-refractivity contribution < 1.29 is 4.52 Å². The van der Waals surface area contributed by atoms with E-state index >= 15 is 0 Å². The number of rotatable bonds is 3. The number of aromatic nitrogens is 2.